The molecule has 22 nitrogen and oxygen atoms in total. The zero-order chi connectivity index (χ0) is 86.3. The number of rotatable bonds is 17. The molecule has 0 saturated carbocycles. The van der Waals surface area contributed by atoms with Crippen molar-refractivity contribution in [3.63, 3.8) is 0 Å². The van der Waals surface area contributed by atoms with Crippen molar-refractivity contribution in [1.29, 1.82) is 0 Å². The van der Waals surface area contributed by atoms with E-state index in [9.17, 15) is 45.2 Å². The smallest absolute Gasteiger partial charge is 0.265 e. The van der Waals surface area contributed by atoms with E-state index in [1.807, 2.05) is 72.8 Å². The summed E-state index contributed by atoms with van der Waals surface area (Å²) in [6, 6.07) is 74.1. The molecule has 608 valence electrons. The second-order valence-electron chi connectivity index (χ2n) is 25.1. The molecule has 7 aromatic carbocycles. The number of halogens is 9. The van der Waals surface area contributed by atoms with Crippen molar-refractivity contribution < 1.29 is 45.2 Å². The fourth-order valence-electron chi connectivity index (χ4n) is 10.8. The van der Waals surface area contributed by atoms with Crippen LogP contribution in [-0.4, -0.2) is 87.5 Å². The predicted molar refractivity (Wildman–Crippen MR) is 478 cm³/mol. The Morgan fingerprint density at radius 1 is 0.339 bits per heavy atom. The number of amides is 5. The molecule has 8 heterocycles. The number of sulfonamides is 1. The van der Waals surface area contributed by atoms with E-state index >= 15 is 0 Å². The van der Waals surface area contributed by atoms with Crippen LogP contribution >= 0.6 is 104 Å². The lowest BCUT2D eigenvalue weighted by molar-refractivity contribution is 0.101. The molecule has 121 heavy (non-hydrogen) atoms. The summed E-state index contributed by atoms with van der Waals surface area (Å²) in [5.74, 6) is -2.83. The molecule has 15 aromatic rings. The monoisotopic (exact) mass is 1830 g/mol. The summed E-state index contributed by atoms with van der Waals surface area (Å²) in [5, 5.41) is 22.1. The van der Waals surface area contributed by atoms with E-state index < -0.39 is 37.6 Å². The lowest BCUT2D eigenvalue weighted by Gasteiger charge is -2.10. The van der Waals surface area contributed by atoms with Gasteiger partial charge in [-0.25, -0.2) is 31.9 Å². The zero-order valence-electron chi connectivity index (χ0n) is 62.4. The Balaban J connectivity index is 0.000000148. The first-order valence-corrected chi connectivity index (χ1v) is 42.5. The van der Waals surface area contributed by atoms with Crippen molar-refractivity contribution in [2.45, 2.75) is 9.10 Å². The molecule has 0 unspecified atom stereocenters. The highest BCUT2D eigenvalue weighted by molar-refractivity contribution is 7.92. The number of hydrogen-bond donors (Lipinski definition) is 6. The Morgan fingerprint density at radius 2 is 0.678 bits per heavy atom. The van der Waals surface area contributed by atoms with Gasteiger partial charge >= 0.3 is 0 Å². The first kappa shape index (κ1) is 89.5. The fraction of sp³-hybridized carbons (Fsp3) is 0.0115. The maximum atomic E-state index is 13.5. The van der Waals surface area contributed by atoms with Gasteiger partial charge in [0.05, 0.1) is 85.1 Å². The van der Waals surface area contributed by atoms with Crippen molar-refractivity contribution >= 4 is 182 Å². The lowest BCUT2D eigenvalue weighted by Crippen LogP contribution is -2.14. The van der Waals surface area contributed by atoms with Crippen LogP contribution in [0.1, 0.15) is 51.1 Å². The molecule has 0 fully saturated rings. The van der Waals surface area contributed by atoms with E-state index in [1.165, 1.54) is 66.9 Å². The number of nitrogens with one attached hydrogen (secondary N) is 5. The molecule has 0 aliphatic heterocycles. The maximum Gasteiger partial charge on any atom is 0.265 e. The maximum absolute atomic E-state index is 13.5. The van der Waals surface area contributed by atoms with Gasteiger partial charge in [-0.2, -0.15) is 4.39 Å². The minimum absolute atomic E-state index is 0.0407. The Kier molecular flexibility index (Phi) is 31.2. The molecule has 8 aromatic heterocycles. The highest BCUT2D eigenvalue weighted by Gasteiger charge is 2.21. The van der Waals surface area contributed by atoms with E-state index in [0.29, 0.717) is 114 Å². The highest BCUT2D eigenvalue weighted by Crippen LogP contribution is 2.36. The minimum atomic E-state index is -3.80. The molecule has 0 spiro atoms. The molecule has 0 aliphatic carbocycles. The summed E-state index contributed by atoms with van der Waals surface area (Å²) in [7, 11) is -7.12. The van der Waals surface area contributed by atoms with E-state index in [1.54, 1.807) is 164 Å². The normalized spacial score (nSPS) is 10.7. The average molecular weight is 1830 g/mol. The van der Waals surface area contributed by atoms with Crippen LogP contribution < -0.4 is 31.7 Å². The number of nitrogens with two attached hydrogens (primary N) is 1. The van der Waals surface area contributed by atoms with Crippen molar-refractivity contribution in [2.75, 3.05) is 32.8 Å². The van der Waals surface area contributed by atoms with Crippen LogP contribution in [0.2, 0.25) is 40.4 Å². The third kappa shape index (κ3) is 25.2. The SMILES string of the molecule is CS(=O)(=O)c1ccc(C(=O)Nc2ccc(Cl)c(-c3ccccn3)c2)s1.NS(=O)(=O)c1ccc(C(=O)Nc2ccc(Cl)c(-c3ccccn3)c2)cc1.O=C(Nc1ccc(Cl)c(-c2ccccn2)c1)c1ccc(Cl)nc1Cl.O=C(Nc1ccc(Cl)c(-c2ccccn2)c1)c1ccccc1Cl.O=C(Nc1ccc(Cl)c(-c2ccccn2)c1)c1cccnc1F. The van der Waals surface area contributed by atoms with Gasteiger partial charge in [0.2, 0.25) is 16.0 Å². The van der Waals surface area contributed by atoms with Crippen LogP contribution in [0.15, 0.2) is 313 Å². The molecular formula is C87H60Cl8FN13O9S3. The van der Waals surface area contributed by atoms with Crippen LogP contribution in [0, 0.1) is 5.95 Å². The van der Waals surface area contributed by atoms with Gasteiger partial charge in [0, 0.05) is 105 Å². The van der Waals surface area contributed by atoms with Crippen LogP contribution in [-0.2, 0) is 19.9 Å². The van der Waals surface area contributed by atoms with E-state index in [4.69, 9.17) is 97.9 Å². The first-order chi connectivity index (χ1) is 58.0. The molecular weight excluding hydrogens is 1770 g/mol. The molecule has 15 rings (SSSR count). The number of sulfone groups is 1. The molecule has 0 radical (unpaired) electrons. The van der Waals surface area contributed by atoms with Crippen molar-refractivity contribution in [3.8, 4) is 56.3 Å². The standard InChI is InChI=1S/C18H12Cl2N2O.C18H14ClN3O3S.C17H10Cl3N3O.C17H11ClFN3O.C17H13ClN2O3S2/c19-15-6-2-1-5-13(15)18(23)22-12-8-9-16(20)14(11-12)17-7-3-4-10-21-17;19-16-9-6-13(11-15(16)17-3-1-2-10-21-17)22-18(23)12-4-7-14(8-5-12)26(20,24)25;18-13-6-4-10(9-12(13)14-3-1-2-8-21-14)22-17(24)11-5-7-15(19)23-16(11)20;18-14-7-6-11(10-13(14)15-5-1-2-8-20-15)22-17(23)12-4-3-9-21-16(12)19;1-25(22,23)16-8-7-15(24-16)17(21)20-11-5-6-13(18)12(10-11)14-4-2-3-9-19-14/h1-11H,(H,22,23);1-11H,(H,22,23)(H2,20,24,25);1-9H,(H,22,24);1-10H,(H,22,23);2-10H,1H3,(H,20,21). The number of pyridine rings is 7. The van der Waals surface area contributed by atoms with Gasteiger partial charge in [-0.3, -0.25) is 48.9 Å². The van der Waals surface area contributed by atoms with Crippen molar-refractivity contribution in [2.24, 2.45) is 5.14 Å². The third-order valence-electron chi connectivity index (χ3n) is 16.6. The minimum Gasteiger partial charge on any atom is -0.322 e. The first-order valence-electron chi connectivity index (χ1n) is 35.2. The van der Waals surface area contributed by atoms with Gasteiger partial charge in [-0.1, -0.05) is 135 Å². The summed E-state index contributed by atoms with van der Waals surface area (Å²) in [6.07, 6.45) is 10.7. The summed E-state index contributed by atoms with van der Waals surface area (Å²) < 4.78 is 59.3. The summed E-state index contributed by atoms with van der Waals surface area (Å²) in [5.41, 5.74) is 10.6. The van der Waals surface area contributed by atoms with E-state index in [-0.39, 0.29) is 48.3 Å². The average Bonchev–Trinajstić information content (AvgIpc) is 1.70. The Hall–Kier alpha value is -12.3. The second-order valence-corrected chi connectivity index (χ2v) is 33.1. The lowest BCUT2D eigenvalue weighted by atomic mass is 10.1. The number of benzene rings is 7. The Bertz CT molecular complexity index is 6370. The van der Waals surface area contributed by atoms with Gasteiger partial charge in [0.15, 0.2) is 9.84 Å². The molecule has 7 N–H and O–H groups in total. The van der Waals surface area contributed by atoms with Crippen LogP contribution in [0.3, 0.4) is 0 Å². The summed E-state index contributed by atoms with van der Waals surface area (Å²) in [4.78, 5) is 90.4. The number of hydrogen-bond acceptors (Lipinski definition) is 17. The summed E-state index contributed by atoms with van der Waals surface area (Å²) in [6.45, 7) is 0. The Labute approximate surface area is 736 Å². The Morgan fingerprint density at radius 3 is 1.02 bits per heavy atom. The molecule has 0 aliphatic rings. The van der Waals surface area contributed by atoms with Crippen LogP contribution in [0.4, 0.5) is 32.8 Å². The predicted octanol–water partition coefficient (Wildman–Crippen LogP) is 22.3. The van der Waals surface area contributed by atoms with Crippen molar-refractivity contribution in [1.82, 2.24) is 34.9 Å². The van der Waals surface area contributed by atoms with Crippen LogP contribution in [0.25, 0.3) is 56.3 Å². The zero-order valence-corrected chi connectivity index (χ0v) is 70.9. The van der Waals surface area contributed by atoms with E-state index in [0.717, 1.165) is 34.4 Å². The fourth-order valence-corrected chi connectivity index (χ4v) is 14.9. The van der Waals surface area contributed by atoms with Gasteiger partial charge in [0.1, 0.15) is 14.5 Å². The molecule has 5 amide bonds. The third-order valence-corrected chi connectivity index (χ3v) is 22.9. The molecule has 0 bridgehead atoms. The number of primary sulfonamides is 1. The van der Waals surface area contributed by atoms with Gasteiger partial charge in [0.25, 0.3) is 29.5 Å². The number of nitrogens with zero attached hydrogens (tertiary/aromatic N) is 7. The largest absolute Gasteiger partial charge is 0.322 e. The summed E-state index contributed by atoms with van der Waals surface area (Å²) >= 11 is 49.8. The number of carbonyl (C=O) groups excluding carboxylic acids is 5. The molecule has 0 atom stereocenters. The van der Waals surface area contributed by atoms with E-state index in [2.05, 4.69) is 61.5 Å². The van der Waals surface area contributed by atoms with Gasteiger partial charge in [-0.15, -0.1) is 11.3 Å². The van der Waals surface area contributed by atoms with Gasteiger partial charge in [-0.05, 0) is 224 Å². The topological polar surface area (TPSA) is 330 Å². The number of carbonyl (C=O) groups is 5. The second kappa shape index (κ2) is 42.1. The number of aromatic nitrogens is 7. The molecule has 0 saturated heterocycles. The molecule has 34 heteroatoms. The number of thiophene rings is 1. The van der Waals surface area contributed by atoms with Crippen molar-refractivity contribution in [3.05, 3.63) is 378 Å². The number of anilines is 5. The van der Waals surface area contributed by atoms with Gasteiger partial charge < -0.3 is 26.6 Å². The highest BCUT2D eigenvalue weighted by atomic mass is 35.5. The quantitative estimate of drug-likeness (QED) is 0.0461. The van der Waals surface area contributed by atoms with Crippen LogP contribution in [0.5, 0.6) is 0 Å².